The molecular formula is C31H40N2O9S. The van der Waals surface area contributed by atoms with E-state index in [9.17, 15) is 29.4 Å². The minimum Gasteiger partial charge on any atom is -0.491 e. The molecule has 1 atom stereocenters. The highest BCUT2D eigenvalue weighted by Gasteiger charge is 2.37. The Balaban J connectivity index is 1.98. The Morgan fingerprint density at radius 3 is 2.37 bits per heavy atom. The number of hydrogen-bond donors (Lipinski definition) is 2. The lowest BCUT2D eigenvalue weighted by molar-refractivity contribution is -0.146. The van der Waals surface area contributed by atoms with Gasteiger partial charge < -0.3 is 24.4 Å². The topological polar surface area (TPSA) is 146 Å². The van der Waals surface area contributed by atoms with Gasteiger partial charge >= 0.3 is 17.6 Å². The average Bonchev–Trinajstić information content (AvgIpc) is 3.29. The average molecular weight is 617 g/mol. The van der Waals surface area contributed by atoms with E-state index in [0.29, 0.717) is 42.6 Å². The van der Waals surface area contributed by atoms with Crippen LogP contribution in [0.25, 0.3) is 10.2 Å². The summed E-state index contributed by atoms with van der Waals surface area (Å²) >= 11 is 0.961. The summed E-state index contributed by atoms with van der Waals surface area (Å²) in [5.41, 5.74) is -2.53. The summed E-state index contributed by atoms with van der Waals surface area (Å²) < 4.78 is 20.0. The van der Waals surface area contributed by atoms with Gasteiger partial charge in [-0.15, -0.1) is 11.3 Å². The second-order valence-electron chi connectivity index (χ2n) is 11.6. The number of carbonyl (C=O) groups excluding carboxylic acids is 1. The van der Waals surface area contributed by atoms with Crippen LogP contribution in [-0.4, -0.2) is 56.2 Å². The van der Waals surface area contributed by atoms with Gasteiger partial charge in [0.1, 0.15) is 27.1 Å². The fourth-order valence-electron chi connectivity index (χ4n) is 5.39. The van der Waals surface area contributed by atoms with E-state index >= 15 is 0 Å². The van der Waals surface area contributed by atoms with Gasteiger partial charge in [-0.1, -0.05) is 18.2 Å². The molecule has 0 radical (unpaired) electrons. The highest BCUT2D eigenvalue weighted by molar-refractivity contribution is 7.20. The number of aromatic nitrogens is 2. The smallest absolute Gasteiger partial charge is 0.348 e. The third kappa shape index (κ3) is 6.56. The largest absolute Gasteiger partial charge is 0.491 e. The van der Waals surface area contributed by atoms with Crippen LogP contribution in [0.1, 0.15) is 87.2 Å². The molecule has 1 aliphatic carbocycles. The van der Waals surface area contributed by atoms with E-state index in [4.69, 9.17) is 14.2 Å². The lowest BCUT2D eigenvalue weighted by atomic mass is 9.94. The van der Waals surface area contributed by atoms with Crippen molar-refractivity contribution < 1.29 is 34.0 Å². The summed E-state index contributed by atoms with van der Waals surface area (Å²) in [5.74, 6) is -1.43. The quantitative estimate of drug-likeness (QED) is 0.300. The van der Waals surface area contributed by atoms with Crippen LogP contribution in [0.4, 0.5) is 0 Å². The normalized spacial score (nSPS) is 18.1. The Kier molecular flexibility index (Phi) is 9.83. The van der Waals surface area contributed by atoms with Gasteiger partial charge in [-0.05, 0) is 78.9 Å². The van der Waals surface area contributed by atoms with E-state index in [1.165, 1.54) is 18.4 Å². The summed E-state index contributed by atoms with van der Waals surface area (Å²) in [5, 5.41) is 20.2. The molecule has 1 saturated carbocycles. The molecule has 4 rings (SSSR count). The molecule has 0 aliphatic heterocycles. The molecule has 0 unspecified atom stereocenters. The predicted molar refractivity (Wildman–Crippen MR) is 162 cm³/mol. The molecule has 43 heavy (non-hydrogen) atoms. The SMILES string of the molecule is CCOC(=O)c1sc2c(c1C)c(=O)n(C(C)(C)C(=O)O)c(=O)n2C[C@H](O[C@H]1CC[C@H](O)CC1)c1ccccc1OC(C)C. The molecule has 3 aromatic rings. The third-order valence-electron chi connectivity index (χ3n) is 7.73. The van der Waals surface area contributed by atoms with Crippen LogP contribution < -0.4 is 16.0 Å². The van der Waals surface area contributed by atoms with Crippen LogP contribution in [0.5, 0.6) is 5.75 Å². The first-order chi connectivity index (χ1) is 20.3. The number of rotatable bonds is 11. The van der Waals surface area contributed by atoms with E-state index in [1.807, 2.05) is 38.1 Å². The molecule has 1 aromatic carbocycles. The van der Waals surface area contributed by atoms with Crippen molar-refractivity contribution in [1.82, 2.24) is 9.13 Å². The molecule has 0 saturated heterocycles. The van der Waals surface area contributed by atoms with Crippen molar-refractivity contribution in [2.45, 2.75) is 104 Å². The number of hydrogen-bond acceptors (Lipinski definition) is 9. The van der Waals surface area contributed by atoms with Crippen molar-refractivity contribution in [3.05, 3.63) is 61.1 Å². The molecule has 12 heteroatoms. The number of aliphatic hydroxyl groups is 1. The second-order valence-corrected chi connectivity index (χ2v) is 12.6. The molecule has 11 nitrogen and oxygen atoms in total. The minimum absolute atomic E-state index is 0.0771. The first kappa shape index (κ1) is 32.4. The third-order valence-corrected chi connectivity index (χ3v) is 9.03. The Bertz CT molecular complexity index is 1610. The van der Waals surface area contributed by atoms with Crippen LogP contribution in [0.3, 0.4) is 0 Å². The lowest BCUT2D eigenvalue weighted by Crippen LogP contribution is -2.52. The van der Waals surface area contributed by atoms with Crippen molar-refractivity contribution in [3.8, 4) is 5.75 Å². The van der Waals surface area contributed by atoms with Gasteiger partial charge in [0.15, 0.2) is 0 Å². The first-order valence-electron chi connectivity index (χ1n) is 14.6. The Labute approximate surface area is 253 Å². The zero-order valence-electron chi connectivity index (χ0n) is 25.4. The molecular weight excluding hydrogens is 576 g/mol. The monoisotopic (exact) mass is 616 g/mol. The standard InChI is InChI=1S/C31H40N2O9S/c1-7-40-28(36)25-18(4)24-26(35)33(31(5,6)29(37)38)30(39)32(27(24)43-25)16-23(42-20-14-12-19(34)13-15-20)21-10-8-9-11-22(21)41-17(2)3/h8-11,17,19-20,23,34H,7,12-16H2,1-6H3,(H,37,38)/t19-,20-,23-/m0/s1. The molecule has 2 N–H and O–H groups in total. The Hall–Kier alpha value is -3.48. The molecule has 1 aliphatic rings. The molecule has 1 fully saturated rings. The first-order valence-corrected chi connectivity index (χ1v) is 15.4. The zero-order chi connectivity index (χ0) is 31.6. The maximum atomic E-state index is 14.2. The summed E-state index contributed by atoms with van der Waals surface area (Å²) in [6.07, 6.45) is 0.891. The van der Waals surface area contributed by atoms with E-state index < -0.39 is 40.9 Å². The van der Waals surface area contributed by atoms with Crippen LogP contribution in [0.15, 0.2) is 33.9 Å². The van der Waals surface area contributed by atoms with Gasteiger partial charge in [-0.2, -0.15) is 0 Å². The number of para-hydroxylation sites is 1. The maximum Gasteiger partial charge on any atom is 0.348 e. The van der Waals surface area contributed by atoms with E-state index in [2.05, 4.69) is 0 Å². The van der Waals surface area contributed by atoms with Crippen molar-refractivity contribution >= 4 is 33.5 Å². The van der Waals surface area contributed by atoms with Gasteiger partial charge in [-0.25, -0.2) is 19.0 Å². The zero-order valence-corrected chi connectivity index (χ0v) is 26.2. The van der Waals surface area contributed by atoms with Crippen molar-refractivity contribution in [1.29, 1.82) is 0 Å². The summed E-state index contributed by atoms with van der Waals surface area (Å²) in [6.45, 7) is 9.66. The summed E-state index contributed by atoms with van der Waals surface area (Å²) in [4.78, 5) is 53.5. The second kappa shape index (κ2) is 13.0. The number of aliphatic carboxylic acids is 1. The van der Waals surface area contributed by atoms with Gasteiger partial charge in [0.25, 0.3) is 5.56 Å². The molecule has 0 bridgehead atoms. The number of thiophene rings is 1. The Morgan fingerprint density at radius 2 is 1.77 bits per heavy atom. The fourth-order valence-corrected chi connectivity index (χ4v) is 6.59. The number of esters is 1. The van der Waals surface area contributed by atoms with Crippen LogP contribution in [-0.2, 0) is 26.4 Å². The van der Waals surface area contributed by atoms with Crippen molar-refractivity contribution in [2.75, 3.05) is 6.61 Å². The lowest BCUT2D eigenvalue weighted by Gasteiger charge is -2.31. The maximum absolute atomic E-state index is 14.2. The number of carboxylic acid groups (broad SMARTS) is 1. The number of aliphatic hydroxyl groups excluding tert-OH is 1. The van der Waals surface area contributed by atoms with Crippen LogP contribution >= 0.6 is 11.3 Å². The van der Waals surface area contributed by atoms with Gasteiger partial charge in [-0.3, -0.25) is 9.36 Å². The number of fused-ring (bicyclic) bond motifs is 1. The number of ether oxygens (including phenoxy) is 3. The van der Waals surface area contributed by atoms with E-state index in [0.717, 1.165) is 15.9 Å². The van der Waals surface area contributed by atoms with E-state index in [-0.39, 0.29) is 40.5 Å². The predicted octanol–water partition coefficient (Wildman–Crippen LogP) is 4.38. The highest BCUT2D eigenvalue weighted by Crippen LogP contribution is 2.36. The summed E-state index contributed by atoms with van der Waals surface area (Å²) in [6, 6.07) is 7.34. The number of aryl methyl sites for hydroxylation is 1. The van der Waals surface area contributed by atoms with Gasteiger partial charge in [0, 0.05) is 5.56 Å². The summed E-state index contributed by atoms with van der Waals surface area (Å²) in [7, 11) is 0. The number of carbonyl (C=O) groups is 2. The molecule has 234 valence electrons. The van der Waals surface area contributed by atoms with Crippen LogP contribution in [0, 0.1) is 6.92 Å². The van der Waals surface area contributed by atoms with Gasteiger partial charge in [0.05, 0.1) is 36.8 Å². The molecule has 0 spiro atoms. The number of carboxylic acids is 1. The molecule has 0 amide bonds. The Morgan fingerprint density at radius 1 is 1.12 bits per heavy atom. The number of benzene rings is 1. The molecule has 2 aromatic heterocycles. The minimum atomic E-state index is -1.89. The number of nitrogens with zero attached hydrogens (tertiary/aromatic N) is 2. The molecule has 2 heterocycles. The van der Waals surface area contributed by atoms with Gasteiger partial charge in [0.2, 0.25) is 0 Å². The highest BCUT2D eigenvalue weighted by atomic mass is 32.1. The van der Waals surface area contributed by atoms with E-state index in [1.54, 1.807) is 13.8 Å². The fraction of sp³-hybridized carbons (Fsp3) is 0.548. The van der Waals surface area contributed by atoms with Crippen molar-refractivity contribution in [2.24, 2.45) is 0 Å². The van der Waals surface area contributed by atoms with Crippen LogP contribution in [0.2, 0.25) is 0 Å². The van der Waals surface area contributed by atoms with Crippen molar-refractivity contribution in [3.63, 3.8) is 0 Å².